The van der Waals surface area contributed by atoms with Crippen LogP contribution in [0.25, 0.3) is 0 Å². The van der Waals surface area contributed by atoms with Crippen molar-refractivity contribution in [2.75, 3.05) is 17.2 Å². The van der Waals surface area contributed by atoms with E-state index in [2.05, 4.69) is 14.7 Å². The first-order chi connectivity index (χ1) is 14.2. The van der Waals surface area contributed by atoms with Crippen molar-refractivity contribution in [1.82, 2.24) is 14.6 Å². The fraction of sp³-hybridized carbons (Fsp3) is 0.421. The van der Waals surface area contributed by atoms with Gasteiger partial charge >= 0.3 is 0 Å². The quantitative estimate of drug-likeness (QED) is 0.722. The second kappa shape index (κ2) is 6.50. The Labute approximate surface area is 178 Å². The van der Waals surface area contributed by atoms with Gasteiger partial charge in [-0.25, -0.2) is 18.1 Å². The Morgan fingerprint density at radius 2 is 2.13 bits per heavy atom. The van der Waals surface area contributed by atoms with Gasteiger partial charge in [-0.1, -0.05) is 0 Å². The molecule has 0 unspecified atom stereocenters. The molecule has 1 saturated carbocycles. The Bertz CT molecular complexity index is 1180. The molecule has 0 saturated heterocycles. The molecule has 3 N–H and O–H groups in total. The molecule has 5 rings (SSSR count). The molecule has 1 amide bonds. The highest BCUT2D eigenvalue weighted by molar-refractivity contribution is 7.89. The first-order valence-electron chi connectivity index (χ1n) is 9.71. The number of carbonyl (C=O) groups excluding carboxylic acids is 1. The molecule has 158 valence electrons. The number of carbonyl (C=O) groups is 1. The first-order valence-corrected chi connectivity index (χ1v) is 12.0. The third-order valence-corrected chi connectivity index (χ3v) is 8.12. The SMILES string of the molecule is C[C@@H]1CN=C2N(Cc3cnc(N)s3)C(=O)c3cc(S(=O)(=O)NC4(C)CC4)ccc3N21. The van der Waals surface area contributed by atoms with Crippen molar-refractivity contribution in [2.24, 2.45) is 4.99 Å². The number of amides is 1. The zero-order valence-corrected chi connectivity index (χ0v) is 18.3. The predicted molar refractivity (Wildman–Crippen MR) is 115 cm³/mol. The molecular formula is C19H22N6O3S2. The number of rotatable bonds is 5. The number of anilines is 2. The summed E-state index contributed by atoms with van der Waals surface area (Å²) in [6, 6.07) is 4.80. The van der Waals surface area contributed by atoms with E-state index in [1.54, 1.807) is 23.2 Å². The molecule has 2 aromatic rings. The minimum Gasteiger partial charge on any atom is -0.375 e. The number of aromatic nitrogens is 1. The Morgan fingerprint density at radius 1 is 1.37 bits per heavy atom. The van der Waals surface area contributed by atoms with Crippen molar-refractivity contribution < 1.29 is 13.2 Å². The number of nitrogens with two attached hydrogens (primary N) is 1. The van der Waals surface area contributed by atoms with Crippen LogP contribution in [-0.2, 0) is 16.6 Å². The smallest absolute Gasteiger partial charge is 0.263 e. The summed E-state index contributed by atoms with van der Waals surface area (Å²) >= 11 is 1.31. The van der Waals surface area contributed by atoms with Crippen LogP contribution in [0.3, 0.4) is 0 Å². The maximum Gasteiger partial charge on any atom is 0.263 e. The van der Waals surface area contributed by atoms with Gasteiger partial charge < -0.3 is 10.6 Å². The monoisotopic (exact) mass is 446 g/mol. The minimum atomic E-state index is -3.72. The van der Waals surface area contributed by atoms with Crippen LogP contribution in [0.5, 0.6) is 0 Å². The number of nitrogen functional groups attached to an aromatic ring is 1. The van der Waals surface area contributed by atoms with Crippen LogP contribution in [0.2, 0.25) is 0 Å². The zero-order valence-electron chi connectivity index (χ0n) is 16.6. The Morgan fingerprint density at radius 3 is 2.80 bits per heavy atom. The second-order valence-corrected chi connectivity index (χ2v) is 11.1. The van der Waals surface area contributed by atoms with Gasteiger partial charge in [-0.2, -0.15) is 0 Å². The summed E-state index contributed by atoms with van der Waals surface area (Å²) < 4.78 is 28.5. The van der Waals surface area contributed by atoms with E-state index >= 15 is 0 Å². The summed E-state index contributed by atoms with van der Waals surface area (Å²) in [6.07, 6.45) is 3.27. The predicted octanol–water partition coefficient (Wildman–Crippen LogP) is 1.78. The van der Waals surface area contributed by atoms with E-state index in [0.29, 0.717) is 28.9 Å². The molecule has 2 aliphatic heterocycles. The topological polar surface area (TPSA) is 121 Å². The second-order valence-electron chi connectivity index (χ2n) is 8.26. The highest BCUT2D eigenvalue weighted by atomic mass is 32.2. The number of sulfonamides is 1. The summed E-state index contributed by atoms with van der Waals surface area (Å²) in [7, 11) is -3.72. The van der Waals surface area contributed by atoms with Crippen molar-refractivity contribution in [3.05, 3.63) is 34.8 Å². The number of nitrogens with zero attached hydrogens (tertiary/aromatic N) is 4. The number of thiazole rings is 1. The summed E-state index contributed by atoms with van der Waals surface area (Å²) in [4.78, 5) is 26.5. The molecule has 1 fully saturated rings. The van der Waals surface area contributed by atoms with Gasteiger partial charge in [0, 0.05) is 16.6 Å². The molecule has 1 aromatic carbocycles. The fourth-order valence-corrected chi connectivity index (χ4v) is 5.96. The van der Waals surface area contributed by atoms with E-state index in [1.165, 1.54) is 17.4 Å². The van der Waals surface area contributed by atoms with Gasteiger partial charge in [-0.3, -0.25) is 14.7 Å². The van der Waals surface area contributed by atoms with E-state index in [0.717, 1.165) is 17.7 Å². The van der Waals surface area contributed by atoms with Gasteiger partial charge in [0.05, 0.1) is 35.3 Å². The zero-order chi connectivity index (χ0) is 21.3. The number of guanidine groups is 1. The maximum absolute atomic E-state index is 13.4. The average Bonchev–Trinajstić information content (AvgIpc) is 3.07. The molecule has 1 aliphatic carbocycles. The van der Waals surface area contributed by atoms with Gasteiger partial charge in [0.25, 0.3) is 5.91 Å². The number of hydrogen-bond acceptors (Lipinski definition) is 8. The van der Waals surface area contributed by atoms with Gasteiger partial charge in [-0.15, -0.1) is 11.3 Å². The van der Waals surface area contributed by atoms with Crippen molar-refractivity contribution in [1.29, 1.82) is 0 Å². The molecule has 9 nitrogen and oxygen atoms in total. The highest BCUT2D eigenvalue weighted by Gasteiger charge is 2.43. The largest absolute Gasteiger partial charge is 0.375 e. The number of nitrogens with one attached hydrogen (secondary N) is 1. The van der Waals surface area contributed by atoms with Crippen LogP contribution in [-0.4, -0.2) is 48.3 Å². The van der Waals surface area contributed by atoms with Crippen LogP contribution in [0, 0.1) is 0 Å². The summed E-state index contributed by atoms with van der Waals surface area (Å²) in [6.45, 7) is 4.75. The normalized spacial score (nSPS) is 22.0. The van der Waals surface area contributed by atoms with Crippen LogP contribution in [0.1, 0.15) is 41.9 Å². The number of fused-ring (bicyclic) bond motifs is 3. The molecule has 3 heterocycles. The third kappa shape index (κ3) is 3.17. The van der Waals surface area contributed by atoms with Crippen molar-refractivity contribution >= 4 is 44.0 Å². The molecule has 0 spiro atoms. The Kier molecular flexibility index (Phi) is 4.21. The Hall–Kier alpha value is -2.50. The van der Waals surface area contributed by atoms with Crippen molar-refractivity contribution in [3.8, 4) is 0 Å². The lowest BCUT2D eigenvalue weighted by atomic mass is 10.1. The number of benzene rings is 1. The van der Waals surface area contributed by atoms with Gasteiger partial charge in [0.1, 0.15) is 0 Å². The summed E-state index contributed by atoms with van der Waals surface area (Å²) in [5.74, 6) is 0.293. The average molecular weight is 447 g/mol. The van der Waals surface area contributed by atoms with Crippen molar-refractivity contribution in [3.63, 3.8) is 0 Å². The van der Waals surface area contributed by atoms with Crippen LogP contribution in [0.4, 0.5) is 10.8 Å². The molecule has 0 radical (unpaired) electrons. The molecule has 3 aliphatic rings. The fourth-order valence-electron chi connectivity index (χ4n) is 3.80. The summed E-state index contributed by atoms with van der Waals surface area (Å²) in [5, 5.41) is 0.432. The van der Waals surface area contributed by atoms with E-state index in [4.69, 9.17) is 5.73 Å². The minimum absolute atomic E-state index is 0.0619. The van der Waals surface area contributed by atoms with Crippen LogP contribution >= 0.6 is 11.3 Å². The lowest BCUT2D eigenvalue weighted by Gasteiger charge is -2.37. The number of aliphatic imine (C=N–C) groups is 1. The Balaban J connectivity index is 1.55. The van der Waals surface area contributed by atoms with Gasteiger partial charge in [0.2, 0.25) is 16.0 Å². The molecule has 1 atom stereocenters. The molecule has 0 bridgehead atoms. The standard InChI is InChI=1S/C19H22N6O3S2/c1-11-8-22-18-24(10-12-9-21-17(20)29-12)16(26)14-7-13(3-4-15(14)25(11)18)30(27,28)23-19(2)5-6-19/h3-4,7,9,11,23H,5-6,8,10H2,1-2H3,(H2,20,21)/t11-/m1/s1. The lowest BCUT2D eigenvalue weighted by molar-refractivity contribution is 0.0834. The van der Waals surface area contributed by atoms with E-state index in [1.807, 2.05) is 18.7 Å². The molecule has 1 aromatic heterocycles. The van der Waals surface area contributed by atoms with Gasteiger partial charge in [-0.05, 0) is 44.9 Å². The molecule has 30 heavy (non-hydrogen) atoms. The number of hydrogen-bond donors (Lipinski definition) is 2. The van der Waals surface area contributed by atoms with E-state index in [9.17, 15) is 13.2 Å². The van der Waals surface area contributed by atoms with Gasteiger partial charge in [0.15, 0.2) is 5.13 Å². The van der Waals surface area contributed by atoms with E-state index < -0.39 is 10.0 Å². The molecular weight excluding hydrogens is 424 g/mol. The van der Waals surface area contributed by atoms with Crippen LogP contribution in [0.15, 0.2) is 34.3 Å². The lowest BCUT2D eigenvalue weighted by Crippen LogP contribution is -2.51. The third-order valence-electron chi connectivity index (χ3n) is 5.67. The first kappa shape index (κ1) is 19.5. The molecule has 11 heteroatoms. The maximum atomic E-state index is 13.4. The van der Waals surface area contributed by atoms with E-state index in [-0.39, 0.29) is 28.9 Å². The van der Waals surface area contributed by atoms with Crippen LogP contribution < -0.4 is 15.4 Å². The highest BCUT2D eigenvalue weighted by Crippen LogP contribution is 2.38. The summed E-state index contributed by atoms with van der Waals surface area (Å²) in [5.41, 5.74) is 6.38. The van der Waals surface area contributed by atoms with Crippen molar-refractivity contribution in [2.45, 2.75) is 49.7 Å².